The minimum atomic E-state index is -0.0953. The van der Waals surface area contributed by atoms with Crippen molar-refractivity contribution in [2.75, 3.05) is 6.61 Å². The van der Waals surface area contributed by atoms with Gasteiger partial charge in [0.1, 0.15) is 0 Å². The first-order valence-electron chi connectivity index (χ1n) is 4.25. The molecule has 2 rings (SSSR count). The maximum atomic E-state index is 9.22. The van der Waals surface area contributed by atoms with Crippen molar-refractivity contribution in [3.63, 3.8) is 0 Å². The molecule has 1 N–H and O–H groups in total. The lowest BCUT2D eigenvalue weighted by atomic mass is 9.97. The van der Waals surface area contributed by atoms with Gasteiger partial charge in [-0.3, -0.25) is 0 Å². The SMILES string of the molecule is OCC1(c2cccc(Cl)c2Cl)CC1. The molecule has 1 aliphatic carbocycles. The Morgan fingerprint density at radius 2 is 2.00 bits per heavy atom. The molecule has 1 fully saturated rings. The van der Waals surface area contributed by atoms with E-state index >= 15 is 0 Å². The van der Waals surface area contributed by atoms with Crippen LogP contribution in [0.3, 0.4) is 0 Å². The summed E-state index contributed by atoms with van der Waals surface area (Å²) in [5.41, 5.74) is 0.895. The van der Waals surface area contributed by atoms with Gasteiger partial charge in [-0.25, -0.2) is 0 Å². The van der Waals surface area contributed by atoms with Gasteiger partial charge in [-0.05, 0) is 24.5 Å². The van der Waals surface area contributed by atoms with Crippen LogP contribution in [0.1, 0.15) is 18.4 Å². The van der Waals surface area contributed by atoms with Crippen molar-refractivity contribution >= 4 is 23.2 Å². The Hall–Kier alpha value is -0.240. The normalized spacial score (nSPS) is 18.7. The van der Waals surface area contributed by atoms with Crippen LogP contribution in [0.2, 0.25) is 10.0 Å². The van der Waals surface area contributed by atoms with Crippen LogP contribution in [0, 0.1) is 0 Å². The van der Waals surface area contributed by atoms with Gasteiger partial charge in [0.25, 0.3) is 0 Å². The molecule has 0 radical (unpaired) electrons. The first-order chi connectivity index (χ1) is 6.19. The topological polar surface area (TPSA) is 20.2 Å². The molecule has 0 unspecified atom stereocenters. The third-order valence-corrected chi connectivity index (χ3v) is 3.50. The van der Waals surface area contributed by atoms with Crippen LogP contribution in [0.4, 0.5) is 0 Å². The highest BCUT2D eigenvalue weighted by atomic mass is 35.5. The van der Waals surface area contributed by atoms with Crippen LogP contribution in [0.15, 0.2) is 18.2 Å². The highest BCUT2D eigenvalue weighted by Gasteiger charge is 2.45. The van der Waals surface area contributed by atoms with E-state index in [0.29, 0.717) is 10.0 Å². The number of halogens is 2. The molecular formula is C10H10Cl2O. The maximum Gasteiger partial charge on any atom is 0.0630 e. The Labute approximate surface area is 87.3 Å². The molecule has 1 nitrogen and oxygen atoms in total. The quantitative estimate of drug-likeness (QED) is 0.807. The van der Waals surface area contributed by atoms with E-state index in [1.165, 1.54) is 0 Å². The summed E-state index contributed by atoms with van der Waals surface area (Å²) in [4.78, 5) is 0. The van der Waals surface area contributed by atoms with Crippen molar-refractivity contribution < 1.29 is 5.11 Å². The zero-order valence-electron chi connectivity index (χ0n) is 7.06. The van der Waals surface area contributed by atoms with Crippen molar-refractivity contribution in [1.82, 2.24) is 0 Å². The zero-order valence-corrected chi connectivity index (χ0v) is 8.57. The minimum Gasteiger partial charge on any atom is -0.395 e. The second kappa shape index (κ2) is 3.16. The zero-order chi connectivity index (χ0) is 9.47. The lowest BCUT2D eigenvalue weighted by Gasteiger charge is -2.14. The summed E-state index contributed by atoms with van der Waals surface area (Å²) in [5, 5.41) is 10.4. The molecule has 0 aromatic heterocycles. The van der Waals surface area contributed by atoms with Crippen molar-refractivity contribution in [3.05, 3.63) is 33.8 Å². The van der Waals surface area contributed by atoms with Crippen LogP contribution in [0.5, 0.6) is 0 Å². The Balaban J connectivity index is 2.46. The third kappa shape index (κ3) is 1.45. The molecule has 70 valence electrons. The van der Waals surface area contributed by atoms with Gasteiger partial charge in [0.05, 0.1) is 16.7 Å². The Morgan fingerprint density at radius 3 is 2.54 bits per heavy atom. The average molecular weight is 217 g/mol. The molecule has 0 amide bonds. The molecule has 0 heterocycles. The van der Waals surface area contributed by atoms with Crippen molar-refractivity contribution in [2.45, 2.75) is 18.3 Å². The molecule has 0 bridgehead atoms. The second-order valence-corrected chi connectivity index (χ2v) is 4.32. The van der Waals surface area contributed by atoms with E-state index in [2.05, 4.69) is 0 Å². The molecule has 0 saturated heterocycles. The van der Waals surface area contributed by atoms with E-state index in [9.17, 15) is 5.11 Å². The lowest BCUT2D eigenvalue weighted by Crippen LogP contribution is -2.12. The smallest absolute Gasteiger partial charge is 0.0630 e. The van der Waals surface area contributed by atoms with Gasteiger partial charge in [-0.15, -0.1) is 0 Å². The van der Waals surface area contributed by atoms with Crippen LogP contribution < -0.4 is 0 Å². The monoisotopic (exact) mass is 216 g/mol. The standard InChI is InChI=1S/C10H10Cl2O/c11-8-3-1-2-7(9(8)12)10(6-13)4-5-10/h1-3,13H,4-6H2. The maximum absolute atomic E-state index is 9.22. The summed E-state index contributed by atoms with van der Waals surface area (Å²) in [5.74, 6) is 0. The molecule has 3 heteroatoms. The van der Waals surface area contributed by atoms with E-state index < -0.39 is 0 Å². The second-order valence-electron chi connectivity index (χ2n) is 3.54. The van der Waals surface area contributed by atoms with Crippen LogP contribution in [-0.2, 0) is 5.41 Å². The molecule has 13 heavy (non-hydrogen) atoms. The van der Waals surface area contributed by atoms with Gasteiger partial charge in [0, 0.05) is 5.41 Å². The highest BCUT2D eigenvalue weighted by molar-refractivity contribution is 6.42. The van der Waals surface area contributed by atoms with Crippen LogP contribution in [-0.4, -0.2) is 11.7 Å². The van der Waals surface area contributed by atoms with E-state index in [0.717, 1.165) is 18.4 Å². The van der Waals surface area contributed by atoms with Gasteiger partial charge in [0.15, 0.2) is 0 Å². The number of benzene rings is 1. The highest BCUT2D eigenvalue weighted by Crippen LogP contribution is 2.50. The van der Waals surface area contributed by atoms with Crippen LogP contribution in [0.25, 0.3) is 0 Å². The van der Waals surface area contributed by atoms with Crippen molar-refractivity contribution in [3.8, 4) is 0 Å². The molecule has 0 aliphatic heterocycles. The molecule has 0 spiro atoms. The summed E-state index contributed by atoms with van der Waals surface area (Å²) in [6, 6.07) is 5.58. The van der Waals surface area contributed by atoms with Gasteiger partial charge in [-0.1, -0.05) is 35.3 Å². The predicted octanol–water partition coefficient (Wildman–Crippen LogP) is 3.02. The van der Waals surface area contributed by atoms with Crippen molar-refractivity contribution in [2.24, 2.45) is 0 Å². The molecule has 1 aliphatic rings. The summed E-state index contributed by atoms with van der Waals surface area (Å²) in [6.45, 7) is 0.160. The summed E-state index contributed by atoms with van der Waals surface area (Å²) >= 11 is 11.9. The van der Waals surface area contributed by atoms with Gasteiger partial charge in [0.2, 0.25) is 0 Å². The molecule has 1 aromatic rings. The fourth-order valence-electron chi connectivity index (χ4n) is 1.58. The molecule has 1 aromatic carbocycles. The predicted molar refractivity (Wildman–Crippen MR) is 54.5 cm³/mol. The first-order valence-corrected chi connectivity index (χ1v) is 5.00. The van der Waals surface area contributed by atoms with E-state index in [4.69, 9.17) is 23.2 Å². The third-order valence-electron chi connectivity index (χ3n) is 2.68. The Bertz CT molecular complexity index is 332. The van der Waals surface area contributed by atoms with Crippen LogP contribution >= 0.6 is 23.2 Å². The lowest BCUT2D eigenvalue weighted by molar-refractivity contribution is 0.255. The molecule has 1 saturated carbocycles. The van der Waals surface area contributed by atoms with E-state index in [1.54, 1.807) is 6.07 Å². The Kier molecular flexibility index (Phi) is 2.26. The van der Waals surface area contributed by atoms with Crippen molar-refractivity contribution in [1.29, 1.82) is 0 Å². The van der Waals surface area contributed by atoms with Gasteiger partial charge >= 0.3 is 0 Å². The average Bonchev–Trinajstić information content (AvgIpc) is 2.90. The minimum absolute atomic E-state index is 0.0953. The first kappa shape index (κ1) is 9.32. The van der Waals surface area contributed by atoms with E-state index in [1.807, 2.05) is 12.1 Å². The number of hydrogen-bond donors (Lipinski definition) is 1. The largest absolute Gasteiger partial charge is 0.395 e. The van der Waals surface area contributed by atoms with E-state index in [-0.39, 0.29) is 12.0 Å². The molecule has 0 atom stereocenters. The summed E-state index contributed by atoms with van der Waals surface area (Å²) < 4.78 is 0. The number of aliphatic hydroxyl groups excluding tert-OH is 1. The van der Waals surface area contributed by atoms with Gasteiger partial charge in [-0.2, -0.15) is 0 Å². The number of hydrogen-bond acceptors (Lipinski definition) is 1. The van der Waals surface area contributed by atoms with Gasteiger partial charge < -0.3 is 5.11 Å². The fourth-order valence-corrected chi connectivity index (χ4v) is 2.08. The molecular weight excluding hydrogens is 207 g/mol. The number of rotatable bonds is 2. The summed E-state index contributed by atoms with van der Waals surface area (Å²) in [6.07, 6.45) is 2.01. The summed E-state index contributed by atoms with van der Waals surface area (Å²) in [7, 11) is 0. The fraction of sp³-hybridized carbons (Fsp3) is 0.400. The Morgan fingerprint density at radius 1 is 1.31 bits per heavy atom. The number of aliphatic hydroxyl groups is 1.